The maximum absolute atomic E-state index is 11.8. The molecule has 0 aromatic carbocycles. The molecule has 0 bridgehead atoms. The normalized spacial score (nSPS) is 50.5. The molecule has 4 aliphatic carbocycles. The molecule has 4 nitrogen and oxygen atoms in total. The SMILES string of the molecule is C[C@]12C[C@@H](O)[C@H]3C(CCC4=CC(=O)CC[C@@]43C)[C@@H]1CC[C@@H]2C(=O)O. The van der Waals surface area contributed by atoms with E-state index in [0.29, 0.717) is 24.7 Å². The third-order valence-corrected chi connectivity index (χ3v) is 8.19. The molecule has 3 saturated carbocycles. The van der Waals surface area contributed by atoms with Crippen molar-refractivity contribution in [2.24, 2.45) is 34.5 Å². The van der Waals surface area contributed by atoms with E-state index < -0.39 is 12.1 Å². The molecule has 2 N–H and O–H groups in total. The molecule has 0 spiro atoms. The van der Waals surface area contributed by atoms with E-state index in [9.17, 15) is 19.8 Å². The predicted molar refractivity (Wildman–Crippen MR) is 89.2 cm³/mol. The number of carboxylic acids is 1. The Kier molecular flexibility index (Phi) is 3.51. The van der Waals surface area contributed by atoms with Gasteiger partial charge in [-0.2, -0.15) is 0 Å². The number of carbonyl (C=O) groups excluding carboxylic acids is 1. The summed E-state index contributed by atoms with van der Waals surface area (Å²) in [5, 5.41) is 20.7. The number of fused-ring (bicyclic) bond motifs is 5. The molecule has 4 rings (SSSR count). The first-order valence-electron chi connectivity index (χ1n) is 9.42. The summed E-state index contributed by atoms with van der Waals surface area (Å²) < 4.78 is 0. The zero-order chi connectivity index (χ0) is 17.3. The lowest BCUT2D eigenvalue weighted by molar-refractivity contribution is -0.158. The van der Waals surface area contributed by atoms with Crippen molar-refractivity contribution in [3.8, 4) is 0 Å². The number of aliphatic carboxylic acids is 1. The Labute approximate surface area is 143 Å². The van der Waals surface area contributed by atoms with Crippen LogP contribution in [0, 0.1) is 34.5 Å². The molecule has 0 amide bonds. The van der Waals surface area contributed by atoms with Crippen molar-refractivity contribution >= 4 is 11.8 Å². The summed E-state index contributed by atoms with van der Waals surface area (Å²) in [7, 11) is 0. The standard InChI is InChI=1S/C20H28O4/c1-19-8-7-12(21)9-11(19)3-4-13-14-5-6-15(18(23)24)20(14,2)10-16(22)17(13)19/h9,13-17,22H,3-8,10H2,1-2H3,(H,23,24)/t13?,14-,15+,16+,17+,19-,20-/m0/s1. The van der Waals surface area contributed by atoms with Gasteiger partial charge in [0.2, 0.25) is 0 Å². The monoisotopic (exact) mass is 332 g/mol. The lowest BCUT2D eigenvalue weighted by Crippen LogP contribution is -2.57. The molecule has 0 saturated heterocycles. The maximum Gasteiger partial charge on any atom is 0.307 e. The van der Waals surface area contributed by atoms with Crippen molar-refractivity contribution < 1.29 is 19.8 Å². The maximum atomic E-state index is 11.8. The van der Waals surface area contributed by atoms with Crippen LogP contribution in [-0.4, -0.2) is 28.1 Å². The smallest absolute Gasteiger partial charge is 0.307 e. The molecule has 3 fully saturated rings. The first-order valence-corrected chi connectivity index (χ1v) is 9.42. The number of rotatable bonds is 1. The highest BCUT2D eigenvalue weighted by Gasteiger charge is 2.63. The van der Waals surface area contributed by atoms with E-state index >= 15 is 0 Å². The minimum atomic E-state index is -0.698. The first-order chi connectivity index (χ1) is 11.3. The fourth-order valence-corrected chi connectivity index (χ4v) is 7.09. The zero-order valence-corrected chi connectivity index (χ0v) is 14.6. The van der Waals surface area contributed by atoms with Gasteiger partial charge in [0.05, 0.1) is 12.0 Å². The summed E-state index contributed by atoms with van der Waals surface area (Å²) in [6.45, 7) is 4.33. The van der Waals surface area contributed by atoms with Crippen LogP contribution in [0.4, 0.5) is 0 Å². The van der Waals surface area contributed by atoms with Crippen LogP contribution in [0.3, 0.4) is 0 Å². The van der Waals surface area contributed by atoms with Gasteiger partial charge in [0.15, 0.2) is 5.78 Å². The van der Waals surface area contributed by atoms with Crippen LogP contribution >= 0.6 is 0 Å². The summed E-state index contributed by atoms with van der Waals surface area (Å²) in [5.41, 5.74) is 0.864. The van der Waals surface area contributed by atoms with Crippen molar-refractivity contribution in [1.29, 1.82) is 0 Å². The predicted octanol–water partition coefficient (Wildman–Crippen LogP) is 3.19. The van der Waals surface area contributed by atoms with Crippen molar-refractivity contribution in [2.75, 3.05) is 0 Å². The van der Waals surface area contributed by atoms with Crippen LogP contribution in [0.2, 0.25) is 0 Å². The Morgan fingerprint density at radius 3 is 2.67 bits per heavy atom. The second kappa shape index (κ2) is 5.17. The lowest BCUT2D eigenvalue weighted by atomic mass is 9.46. The van der Waals surface area contributed by atoms with E-state index in [1.165, 1.54) is 5.57 Å². The third kappa shape index (κ3) is 2.01. The van der Waals surface area contributed by atoms with Crippen molar-refractivity contribution in [1.82, 2.24) is 0 Å². The summed E-state index contributed by atoms with van der Waals surface area (Å²) >= 11 is 0. The number of aliphatic hydroxyl groups is 1. The second-order valence-electron chi connectivity index (χ2n) is 9.13. The molecule has 0 aromatic rings. The average molecular weight is 332 g/mol. The molecule has 1 unspecified atom stereocenters. The number of carboxylic acid groups (broad SMARTS) is 1. The number of hydrogen-bond donors (Lipinski definition) is 2. The van der Waals surface area contributed by atoms with E-state index in [2.05, 4.69) is 13.8 Å². The Balaban J connectivity index is 1.72. The molecule has 0 heterocycles. The number of ketones is 1. The quantitative estimate of drug-likeness (QED) is 0.773. The average Bonchev–Trinajstić information content (AvgIpc) is 2.84. The molecule has 0 aliphatic heterocycles. The largest absolute Gasteiger partial charge is 0.481 e. The topological polar surface area (TPSA) is 74.6 Å². The Morgan fingerprint density at radius 2 is 1.96 bits per heavy atom. The summed E-state index contributed by atoms with van der Waals surface area (Å²) in [4.78, 5) is 23.6. The minimum absolute atomic E-state index is 0.0844. The number of hydrogen-bond acceptors (Lipinski definition) is 3. The minimum Gasteiger partial charge on any atom is -0.481 e. The van der Waals surface area contributed by atoms with Crippen LogP contribution in [0.5, 0.6) is 0 Å². The van der Waals surface area contributed by atoms with E-state index in [1.54, 1.807) is 0 Å². The van der Waals surface area contributed by atoms with Crippen LogP contribution < -0.4 is 0 Å². The highest BCUT2D eigenvalue weighted by atomic mass is 16.4. The van der Waals surface area contributed by atoms with Gasteiger partial charge >= 0.3 is 5.97 Å². The van der Waals surface area contributed by atoms with Gasteiger partial charge in [-0.3, -0.25) is 9.59 Å². The summed E-state index contributed by atoms with van der Waals surface area (Å²) in [6.07, 6.45) is 7.01. The number of aliphatic hydroxyl groups excluding tert-OH is 1. The molecule has 4 aliphatic rings. The zero-order valence-electron chi connectivity index (χ0n) is 14.6. The second-order valence-corrected chi connectivity index (χ2v) is 9.13. The van der Waals surface area contributed by atoms with Gasteiger partial charge in [-0.05, 0) is 73.2 Å². The van der Waals surface area contributed by atoms with Gasteiger partial charge in [0.1, 0.15) is 0 Å². The van der Waals surface area contributed by atoms with Crippen molar-refractivity contribution in [2.45, 2.75) is 64.9 Å². The molecule has 4 heteroatoms. The Hall–Kier alpha value is -1.16. The van der Waals surface area contributed by atoms with Gasteiger partial charge in [-0.25, -0.2) is 0 Å². The van der Waals surface area contributed by atoms with Gasteiger partial charge in [0, 0.05) is 6.42 Å². The molecule has 7 atom stereocenters. The Bertz CT molecular complexity index is 623. The summed E-state index contributed by atoms with van der Waals surface area (Å²) in [6, 6.07) is 0. The van der Waals surface area contributed by atoms with E-state index in [1.807, 2.05) is 6.08 Å². The van der Waals surface area contributed by atoms with Gasteiger partial charge in [-0.1, -0.05) is 19.4 Å². The van der Waals surface area contributed by atoms with Crippen molar-refractivity contribution in [3.63, 3.8) is 0 Å². The molecule has 0 radical (unpaired) electrons. The van der Waals surface area contributed by atoms with E-state index in [0.717, 1.165) is 32.1 Å². The van der Waals surface area contributed by atoms with Crippen molar-refractivity contribution in [3.05, 3.63) is 11.6 Å². The third-order valence-electron chi connectivity index (χ3n) is 8.19. The Morgan fingerprint density at radius 1 is 1.21 bits per heavy atom. The molecule has 132 valence electrons. The molecule has 24 heavy (non-hydrogen) atoms. The molecular weight excluding hydrogens is 304 g/mol. The van der Waals surface area contributed by atoms with E-state index in [-0.39, 0.29) is 28.4 Å². The number of carbonyl (C=O) groups is 2. The fourth-order valence-electron chi connectivity index (χ4n) is 7.09. The summed E-state index contributed by atoms with van der Waals surface area (Å²) in [5.74, 6) is 0.160. The molecular formula is C20H28O4. The highest BCUT2D eigenvalue weighted by Crippen LogP contribution is 2.66. The highest BCUT2D eigenvalue weighted by molar-refractivity contribution is 5.91. The van der Waals surface area contributed by atoms with Crippen LogP contribution in [0.15, 0.2) is 11.6 Å². The van der Waals surface area contributed by atoms with Gasteiger partial charge < -0.3 is 10.2 Å². The van der Waals surface area contributed by atoms with Gasteiger partial charge in [-0.15, -0.1) is 0 Å². The first kappa shape index (κ1) is 16.3. The molecule has 0 aromatic heterocycles. The van der Waals surface area contributed by atoms with Crippen LogP contribution in [-0.2, 0) is 9.59 Å². The van der Waals surface area contributed by atoms with Crippen LogP contribution in [0.25, 0.3) is 0 Å². The van der Waals surface area contributed by atoms with Crippen LogP contribution in [0.1, 0.15) is 58.8 Å². The number of allylic oxidation sites excluding steroid dienone is 1. The lowest BCUT2D eigenvalue weighted by Gasteiger charge is -2.59. The fraction of sp³-hybridized carbons (Fsp3) is 0.800. The van der Waals surface area contributed by atoms with E-state index in [4.69, 9.17) is 0 Å². The van der Waals surface area contributed by atoms with Gasteiger partial charge in [0.25, 0.3) is 0 Å².